The fourth-order valence-corrected chi connectivity index (χ4v) is 3.53. The Balaban J connectivity index is -0.000000882. The molecule has 0 aliphatic heterocycles. The van der Waals surface area contributed by atoms with Gasteiger partial charge in [0.2, 0.25) is 0 Å². The molecule has 182 valence electrons. The van der Waals surface area contributed by atoms with Crippen LogP contribution in [-0.4, -0.2) is 98.3 Å². The largest absolute Gasteiger partial charge is 0.314 e. The van der Waals surface area contributed by atoms with Gasteiger partial charge in [-0.25, -0.2) is 0 Å². The summed E-state index contributed by atoms with van der Waals surface area (Å²) in [7, 11) is 0. The van der Waals surface area contributed by atoms with Crippen molar-refractivity contribution in [2.45, 2.75) is 93.8 Å². The van der Waals surface area contributed by atoms with Crippen LogP contribution in [0.2, 0.25) is 0 Å². The number of nitrogens with one attached hydrogen (secondary N) is 2. The first-order valence-corrected chi connectivity index (χ1v) is 12.5. The van der Waals surface area contributed by atoms with E-state index < -0.39 is 0 Å². The first-order valence-electron chi connectivity index (χ1n) is 12.5. The molecule has 5 nitrogen and oxygen atoms in total. The Labute approximate surface area is 187 Å². The van der Waals surface area contributed by atoms with Gasteiger partial charge < -0.3 is 15.5 Å². The monoisotopic (exact) mass is 419 g/mol. The van der Waals surface area contributed by atoms with Crippen molar-refractivity contribution in [2.24, 2.45) is 0 Å². The van der Waals surface area contributed by atoms with E-state index in [4.69, 9.17) is 0 Å². The van der Waals surface area contributed by atoms with Gasteiger partial charge in [0.15, 0.2) is 0 Å². The van der Waals surface area contributed by atoms with Gasteiger partial charge in [0.1, 0.15) is 0 Å². The Morgan fingerprint density at radius 2 is 1.10 bits per heavy atom. The third kappa shape index (κ3) is 16.2. The van der Waals surface area contributed by atoms with Gasteiger partial charge in [0.05, 0.1) is 0 Å². The summed E-state index contributed by atoms with van der Waals surface area (Å²) in [5.41, 5.74) is 0. The van der Waals surface area contributed by atoms with Gasteiger partial charge in [0.25, 0.3) is 0 Å². The van der Waals surface area contributed by atoms with E-state index in [2.05, 4.69) is 80.7 Å². The molecule has 0 fully saturated rings. The van der Waals surface area contributed by atoms with Crippen molar-refractivity contribution < 1.29 is 2.85 Å². The first kappa shape index (κ1) is 31.0. The van der Waals surface area contributed by atoms with E-state index in [1.165, 1.54) is 6.42 Å². The smallest absolute Gasteiger partial charge is 0.0112 e. The molecule has 0 aliphatic rings. The maximum atomic E-state index is 3.66. The lowest BCUT2D eigenvalue weighted by Gasteiger charge is -2.32. The molecular weight excluding hydrogens is 358 g/mol. The van der Waals surface area contributed by atoms with Gasteiger partial charge in [-0.15, -0.1) is 0 Å². The van der Waals surface area contributed by atoms with Crippen LogP contribution in [0.3, 0.4) is 0 Å². The van der Waals surface area contributed by atoms with Gasteiger partial charge >= 0.3 is 0 Å². The van der Waals surface area contributed by atoms with Crippen molar-refractivity contribution in [1.29, 1.82) is 0 Å². The summed E-state index contributed by atoms with van der Waals surface area (Å²) in [6.07, 6.45) is 1.22. The molecule has 0 saturated carbocycles. The highest BCUT2D eigenvalue weighted by atomic mass is 15.2. The van der Waals surface area contributed by atoms with E-state index in [-0.39, 0.29) is 2.85 Å². The van der Waals surface area contributed by atoms with E-state index >= 15 is 0 Å². The fraction of sp³-hybridized carbons (Fsp3) is 1.00. The molecule has 0 saturated heterocycles. The lowest BCUT2D eigenvalue weighted by atomic mass is 10.2. The van der Waals surface area contributed by atoms with Gasteiger partial charge in [-0.3, -0.25) is 9.80 Å². The quantitative estimate of drug-likeness (QED) is 0.325. The van der Waals surface area contributed by atoms with Crippen LogP contribution in [0.4, 0.5) is 0 Å². The topological polar surface area (TPSA) is 33.8 Å². The van der Waals surface area contributed by atoms with Crippen LogP contribution < -0.4 is 10.6 Å². The average molecular weight is 420 g/mol. The standard InChI is InChI=1S/C22H51N5.C2H6.2H2/c1-9-22(8)27(21(6)7)19-15-24-14-18-26(20(4)5)17-13-23-12-16-25(10-2)11-3;1-2;;/h20-24H,9-19H2,1-8H3;1-2H3;2*1H. The van der Waals surface area contributed by atoms with E-state index in [9.17, 15) is 0 Å². The molecule has 1 unspecified atom stereocenters. The summed E-state index contributed by atoms with van der Waals surface area (Å²) in [4.78, 5) is 7.65. The molecular formula is C24H61N5. The van der Waals surface area contributed by atoms with E-state index in [0.717, 1.165) is 65.4 Å². The molecule has 0 spiro atoms. The molecule has 0 aromatic rings. The molecule has 0 aromatic heterocycles. The second-order valence-corrected chi connectivity index (χ2v) is 8.25. The highest BCUT2D eigenvalue weighted by Gasteiger charge is 2.15. The number of likely N-dealkylation sites (N-methyl/N-ethyl adjacent to an activating group) is 1. The summed E-state index contributed by atoms with van der Waals surface area (Å²) in [5, 5.41) is 7.26. The molecule has 0 rings (SSSR count). The first-order chi connectivity index (χ1) is 13.9. The molecule has 0 aliphatic carbocycles. The molecule has 2 N–H and O–H groups in total. The lowest BCUT2D eigenvalue weighted by molar-refractivity contribution is 0.159. The third-order valence-electron chi connectivity index (χ3n) is 5.75. The zero-order chi connectivity index (χ0) is 22.7. The van der Waals surface area contributed by atoms with Crippen LogP contribution in [0.1, 0.15) is 78.5 Å². The Bertz CT molecular complexity index is 329. The Hall–Kier alpha value is -0.200. The van der Waals surface area contributed by atoms with Crippen LogP contribution >= 0.6 is 0 Å². The summed E-state index contributed by atoms with van der Waals surface area (Å²) in [6.45, 7) is 33.5. The Morgan fingerprint density at radius 1 is 0.655 bits per heavy atom. The normalized spacial score (nSPS) is 12.9. The van der Waals surface area contributed by atoms with Crippen LogP contribution in [-0.2, 0) is 0 Å². The van der Waals surface area contributed by atoms with Crippen molar-refractivity contribution in [1.82, 2.24) is 25.3 Å². The molecule has 5 heteroatoms. The van der Waals surface area contributed by atoms with Gasteiger partial charge in [-0.05, 0) is 54.1 Å². The van der Waals surface area contributed by atoms with Crippen molar-refractivity contribution in [2.75, 3.05) is 65.4 Å². The maximum absolute atomic E-state index is 3.66. The minimum atomic E-state index is 0. The number of hydrogen-bond donors (Lipinski definition) is 2. The van der Waals surface area contributed by atoms with Gasteiger partial charge in [-0.1, -0.05) is 34.6 Å². The zero-order valence-corrected chi connectivity index (χ0v) is 21.9. The van der Waals surface area contributed by atoms with Gasteiger partial charge in [-0.2, -0.15) is 0 Å². The van der Waals surface area contributed by atoms with Crippen LogP contribution in [0, 0.1) is 0 Å². The second kappa shape index (κ2) is 21.0. The van der Waals surface area contributed by atoms with Crippen LogP contribution in [0.5, 0.6) is 0 Å². The number of rotatable bonds is 18. The SMILES string of the molecule is CC.CCC(C)N(CCNCCN(CCNCCN(CC)CC)C(C)C)C(C)C.[HH].[HH]. The highest BCUT2D eigenvalue weighted by molar-refractivity contribution is 4.72. The van der Waals surface area contributed by atoms with E-state index in [1.54, 1.807) is 0 Å². The Kier molecular flexibility index (Phi) is 22.5. The zero-order valence-electron chi connectivity index (χ0n) is 21.9. The molecule has 0 amide bonds. The van der Waals surface area contributed by atoms with Crippen molar-refractivity contribution in [3.05, 3.63) is 0 Å². The molecule has 0 bridgehead atoms. The summed E-state index contributed by atoms with van der Waals surface area (Å²) < 4.78 is 0. The molecule has 0 radical (unpaired) electrons. The third-order valence-corrected chi connectivity index (χ3v) is 5.75. The van der Waals surface area contributed by atoms with Crippen LogP contribution in [0.15, 0.2) is 0 Å². The summed E-state index contributed by atoms with van der Waals surface area (Å²) in [6, 6.07) is 1.89. The maximum Gasteiger partial charge on any atom is 0.0112 e. The molecule has 29 heavy (non-hydrogen) atoms. The van der Waals surface area contributed by atoms with Gasteiger partial charge in [0, 0.05) is 73.3 Å². The second-order valence-electron chi connectivity index (χ2n) is 8.25. The minimum Gasteiger partial charge on any atom is -0.314 e. The Morgan fingerprint density at radius 3 is 1.48 bits per heavy atom. The fourth-order valence-electron chi connectivity index (χ4n) is 3.53. The van der Waals surface area contributed by atoms with Crippen molar-refractivity contribution in [3.8, 4) is 0 Å². The summed E-state index contributed by atoms with van der Waals surface area (Å²) in [5.74, 6) is 0. The van der Waals surface area contributed by atoms with Crippen LogP contribution in [0.25, 0.3) is 0 Å². The molecule has 0 aromatic carbocycles. The minimum absolute atomic E-state index is 0. The molecule has 1 atom stereocenters. The summed E-state index contributed by atoms with van der Waals surface area (Å²) >= 11 is 0. The number of nitrogens with zero attached hydrogens (tertiary/aromatic N) is 3. The molecule has 0 heterocycles. The van der Waals surface area contributed by atoms with E-state index in [1.807, 2.05) is 13.8 Å². The lowest BCUT2D eigenvalue weighted by Crippen LogP contribution is -2.45. The van der Waals surface area contributed by atoms with Crippen molar-refractivity contribution in [3.63, 3.8) is 0 Å². The highest BCUT2D eigenvalue weighted by Crippen LogP contribution is 2.07. The predicted molar refractivity (Wildman–Crippen MR) is 137 cm³/mol. The van der Waals surface area contributed by atoms with Crippen molar-refractivity contribution >= 4 is 0 Å². The average Bonchev–Trinajstić information content (AvgIpc) is 2.72. The van der Waals surface area contributed by atoms with E-state index in [0.29, 0.717) is 18.1 Å². The predicted octanol–water partition coefficient (Wildman–Crippen LogP) is 4.24. The number of hydrogen-bond acceptors (Lipinski definition) is 5.